The van der Waals surface area contributed by atoms with Gasteiger partial charge < -0.3 is 14.2 Å². The average molecular weight is 509 g/mol. The van der Waals surface area contributed by atoms with Crippen LogP contribution in [0, 0.1) is 0 Å². The van der Waals surface area contributed by atoms with E-state index in [1.54, 1.807) is 43.5 Å². The molecular formula is C26H21ClN2O5S. The van der Waals surface area contributed by atoms with Crippen LogP contribution < -0.4 is 14.8 Å². The van der Waals surface area contributed by atoms with E-state index in [4.69, 9.17) is 25.8 Å². The summed E-state index contributed by atoms with van der Waals surface area (Å²) in [5, 5.41) is 5.52. The van der Waals surface area contributed by atoms with Crippen molar-refractivity contribution in [3.63, 3.8) is 0 Å². The van der Waals surface area contributed by atoms with Crippen LogP contribution in [-0.4, -0.2) is 30.6 Å². The fourth-order valence-electron chi connectivity index (χ4n) is 3.09. The Morgan fingerprint density at radius 2 is 1.74 bits per heavy atom. The highest BCUT2D eigenvalue weighted by molar-refractivity contribution is 7.14. The van der Waals surface area contributed by atoms with Gasteiger partial charge in [0.15, 0.2) is 11.7 Å². The Balaban J connectivity index is 1.31. The van der Waals surface area contributed by atoms with E-state index in [1.165, 1.54) is 11.3 Å². The summed E-state index contributed by atoms with van der Waals surface area (Å²) < 4.78 is 16.1. The maximum atomic E-state index is 12.6. The van der Waals surface area contributed by atoms with E-state index in [2.05, 4.69) is 10.3 Å². The number of esters is 1. The first-order valence-corrected chi connectivity index (χ1v) is 11.8. The molecule has 4 aromatic rings. The van der Waals surface area contributed by atoms with Gasteiger partial charge in [-0.25, -0.2) is 9.78 Å². The number of carbonyl (C=O) groups is 2. The van der Waals surface area contributed by atoms with Gasteiger partial charge in [0.25, 0.3) is 5.91 Å². The van der Waals surface area contributed by atoms with Gasteiger partial charge in [0.1, 0.15) is 23.7 Å². The summed E-state index contributed by atoms with van der Waals surface area (Å²) in [6.45, 7) is -0.204. The van der Waals surface area contributed by atoms with Crippen molar-refractivity contribution < 1.29 is 23.8 Å². The van der Waals surface area contributed by atoms with Gasteiger partial charge >= 0.3 is 5.97 Å². The number of aromatic nitrogens is 1. The maximum Gasteiger partial charge on any atom is 0.342 e. The molecule has 3 aromatic carbocycles. The highest BCUT2D eigenvalue weighted by Gasteiger charge is 2.16. The molecule has 0 aliphatic carbocycles. The van der Waals surface area contributed by atoms with Crippen molar-refractivity contribution in [1.29, 1.82) is 0 Å². The van der Waals surface area contributed by atoms with Crippen LogP contribution in [0.25, 0.3) is 11.3 Å². The summed E-state index contributed by atoms with van der Waals surface area (Å²) >= 11 is 7.18. The van der Waals surface area contributed by atoms with Gasteiger partial charge in [-0.1, -0.05) is 35.9 Å². The number of benzene rings is 3. The lowest BCUT2D eigenvalue weighted by molar-refractivity contribution is -0.119. The van der Waals surface area contributed by atoms with Gasteiger partial charge in [-0.2, -0.15) is 0 Å². The highest BCUT2D eigenvalue weighted by atomic mass is 35.5. The maximum absolute atomic E-state index is 12.6. The van der Waals surface area contributed by atoms with Gasteiger partial charge in [0.2, 0.25) is 0 Å². The minimum absolute atomic E-state index is 0.227. The Morgan fingerprint density at radius 1 is 1.00 bits per heavy atom. The number of nitrogens with zero attached hydrogens (tertiary/aromatic N) is 1. The van der Waals surface area contributed by atoms with Gasteiger partial charge in [0.05, 0.1) is 12.8 Å². The fourth-order valence-corrected chi connectivity index (χ4v) is 3.95. The van der Waals surface area contributed by atoms with Crippen LogP contribution in [0.3, 0.4) is 0 Å². The van der Waals surface area contributed by atoms with Crippen LogP contribution in [0.1, 0.15) is 15.9 Å². The Morgan fingerprint density at radius 3 is 2.49 bits per heavy atom. The van der Waals surface area contributed by atoms with Gasteiger partial charge in [-0.15, -0.1) is 11.3 Å². The lowest BCUT2D eigenvalue weighted by Crippen LogP contribution is -2.21. The number of anilines is 1. The molecule has 1 N–H and O–H groups in total. The van der Waals surface area contributed by atoms with Crippen LogP contribution in [0.5, 0.6) is 11.5 Å². The number of ether oxygens (including phenoxy) is 3. The second-order valence-corrected chi connectivity index (χ2v) is 8.60. The summed E-state index contributed by atoms with van der Waals surface area (Å²) in [6, 6.07) is 21.4. The minimum atomic E-state index is -0.662. The molecule has 1 heterocycles. The van der Waals surface area contributed by atoms with E-state index in [1.807, 2.05) is 41.8 Å². The second kappa shape index (κ2) is 11.5. The van der Waals surface area contributed by atoms with Crippen molar-refractivity contribution in [2.45, 2.75) is 6.61 Å². The topological polar surface area (TPSA) is 86.8 Å². The number of hydrogen-bond acceptors (Lipinski definition) is 7. The first kappa shape index (κ1) is 24.3. The zero-order valence-electron chi connectivity index (χ0n) is 18.7. The zero-order valence-corrected chi connectivity index (χ0v) is 20.3. The number of thiazole rings is 1. The molecule has 9 heteroatoms. The normalized spacial score (nSPS) is 10.5. The highest BCUT2D eigenvalue weighted by Crippen LogP contribution is 2.26. The fraction of sp³-hybridized carbons (Fsp3) is 0.115. The molecular weight excluding hydrogens is 488 g/mol. The average Bonchev–Trinajstić information content (AvgIpc) is 3.35. The molecule has 0 unspecified atom stereocenters. The number of amides is 1. The van der Waals surface area contributed by atoms with Gasteiger partial charge in [-0.3, -0.25) is 10.1 Å². The Labute approximate surface area is 211 Å². The van der Waals surface area contributed by atoms with E-state index in [9.17, 15) is 9.59 Å². The molecule has 0 bridgehead atoms. The Kier molecular flexibility index (Phi) is 7.97. The molecule has 7 nitrogen and oxygen atoms in total. The predicted octanol–water partition coefficient (Wildman–Crippen LogP) is 5.85. The van der Waals surface area contributed by atoms with E-state index < -0.39 is 18.5 Å². The first-order chi connectivity index (χ1) is 17.0. The monoisotopic (exact) mass is 508 g/mol. The van der Waals surface area contributed by atoms with Crippen molar-refractivity contribution in [2.24, 2.45) is 0 Å². The van der Waals surface area contributed by atoms with Crippen molar-refractivity contribution in [3.05, 3.63) is 94.3 Å². The van der Waals surface area contributed by atoms with Crippen molar-refractivity contribution in [3.8, 4) is 22.8 Å². The standard InChI is InChI=1S/C26H21ClN2O5S/c1-32-20-12-8-18(9-13-20)22-16-35-26(28-22)29-24(30)15-34-25(31)21-4-2-3-5-23(21)33-14-17-6-10-19(27)11-7-17/h2-13,16H,14-15H2,1H3,(H,28,29,30). The van der Waals surface area contributed by atoms with Gasteiger partial charge in [-0.05, 0) is 54.1 Å². The van der Waals surface area contributed by atoms with Crippen molar-refractivity contribution >= 4 is 39.9 Å². The smallest absolute Gasteiger partial charge is 0.342 e. The molecule has 4 rings (SSSR count). The molecule has 0 aliphatic heterocycles. The molecule has 35 heavy (non-hydrogen) atoms. The summed E-state index contributed by atoms with van der Waals surface area (Å²) in [7, 11) is 1.60. The zero-order chi connectivity index (χ0) is 24.6. The van der Waals surface area contributed by atoms with Crippen molar-refractivity contribution in [1.82, 2.24) is 4.98 Å². The molecule has 1 aromatic heterocycles. The predicted molar refractivity (Wildman–Crippen MR) is 135 cm³/mol. The molecule has 0 saturated carbocycles. The molecule has 0 radical (unpaired) electrons. The molecule has 0 aliphatic rings. The molecule has 0 saturated heterocycles. The van der Waals surface area contributed by atoms with E-state index >= 15 is 0 Å². The molecule has 0 atom stereocenters. The number of nitrogens with one attached hydrogen (secondary N) is 1. The van der Waals surface area contributed by atoms with E-state index in [0.717, 1.165) is 22.6 Å². The lowest BCUT2D eigenvalue weighted by Gasteiger charge is -2.11. The Hall–Kier alpha value is -3.88. The number of carbonyl (C=O) groups excluding carboxylic acids is 2. The van der Waals surface area contributed by atoms with Crippen LogP contribution in [0.4, 0.5) is 5.13 Å². The van der Waals surface area contributed by atoms with Crippen LogP contribution in [-0.2, 0) is 16.1 Å². The molecule has 0 spiro atoms. The second-order valence-electron chi connectivity index (χ2n) is 7.30. The quantitative estimate of drug-likeness (QED) is 0.285. The van der Waals surface area contributed by atoms with Crippen LogP contribution in [0.15, 0.2) is 78.2 Å². The third-order valence-corrected chi connectivity index (χ3v) is 5.89. The Bertz CT molecular complexity index is 1310. The third-order valence-electron chi connectivity index (χ3n) is 4.89. The van der Waals surface area contributed by atoms with Gasteiger partial charge in [0, 0.05) is 16.0 Å². The van der Waals surface area contributed by atoms with E-state index in [-0.39, 0.29) is 12.2 Å². The van der Waals surface area contributed by atoms with Crippen molar-refractivity contribution in [2.75, 3.05) is 19.0 Å². The lowest BCUT2D eigenvalue weighted by atomic mass is 10.2. The molecule has 1 amide bonds. The molecule has 0 fully saturated rings. The number of halogens is 1. The van der Waals surface area contributed by atoms with E-state index in [0.29, 0.717) is 15.9 Å². The third kappa shape index (κ3) is 6.59. The molecule has 178 valence electrons. The summed E-state index contributed by atoms with van der Waals surface area (Å²) in [4.78, 5) is 29.3. The number of methoxy groups -OCH3 is 1. The number of rotatable bonds is 9. The number of para-hydroxylation sites is 1. The minimum Gasteiger partial charge on any atom is -0.497 e. The van der Waals surface area contributed by atoms with Crippen LogP contribution >= 0.6 is 22.9 Å². The first-order valence-electron chi connectivity index (χ1n) is 10.5. The summed E-state index contributed by atoms with van der Waals surface area (Å²) in [5.41, 5.74) is 2.74. The SMILES string of the molecule is COc1ccc(-c2csc(NC(=O)COC(=O)c3ccccc3OCc3ccc(Cl)cc3)n2)cc1. The van der Waals surface area contributed by atoms with Crippen LogP contribution in [0.2, 0.25) is 5.02 Å². The number of hydrogen-bond donors (Lipinski definition) is 1. The summed E-state index contributed by atoms with van der Waals surface area (Å²) in [5.74, 6) is -0.0494. The largest absolute Gasteiger partial charge is 0.497 e. The summed E-state index contributed by atoms with van der Waals surface area (Å²) in [6.07, 6.45) is 0.